The predicted molar refractivity (Wildman–Crippen MR) is 248 cm³/mol. The number of methoxy groups -OCH3 is 6. The molecule has 0 aliphatic heterocycles. The number of rotatable bonds is 18. The van der Waals surface area contributed by atoms with Crippen molar-refractivity contribution < 1.29 is 28.4 Å². The van der Waals surface area contributed by atoms with Gasteiger partial charge in [-0.15, -0.1) is 0 Å². The second-order valence-corrected chi connectivity index (χ2v) is 18.0. The van der Waals surface area contributed by atoms with Gasteiger partial charge < -0.3 is 28.4 Å². The molecular weight excluding hydrogens is 738 g/mol. The van der Waals surface area contributed by atoms with Gasteiger partial charge >= 0.3 is 0 Å². The molecule has 0 aliphatic carbocycles. The van der Waals surface area contributed by atoms with Gasteiger partial charge in [0.15, 0.2) is 0 Å². The largest absolute Gasteiger partial charge is 0.497 e. The molecule has 6 aromatic rings. The highest BCUT2D eigenvalue weighted by Gasteiger charge is 2.48. The molecule has 0 saturated carbocycles. The summed E-state index contributed by atoms with van der Waals surface area (Å²) >= 11 is 0. The molecule has 0 heterocycles. The molecular formula is C50H60BO6P. The maximum Gasteiger partial charge on any atom is 0.144 e. The van der Waals surface area contributed by atoms with E-state index in [-0.39, 0.29) is 0 Å². The van der Waals surface area contributed by atoms with Crippen LogP contribution in [0.15, 0.2) is 146 Å². The lowest BCUT2D eigenvalue weighted by atomic mass is 9.15. The summed E-state index contributed by atoms with van der Waals surface area (Å²) < 4.78 is 32.6. The molecule has 0 aliphatic rings. The smallest absolute Gasteiger partial charge is 0.144 e. The average Bonchev–Trinajstić information content (AvgIpc) is 3.30. The molecule has 0 radical (unpaired) electrons. The number of benzene rings is 6. The zero-order valence-electron chi connectivity index (χ0n) is 35.6. The lowest BCUT2D eigenvalue weighted by molar-refractivity contribution is 0.414. The van der Waals surface area contributed by atoms with Crippen LogP contribution in [0, 0.1) is 0 Å². The summed E-state index contributed by atoms with van der Waals surface area (Å²) in [5.74, 6) is 5.17. The minimum Gasteiger partial charge on any atom is -0.497 e. The van der Waals surface area contributed by atoms with Gasteiger partial charge in [0.2, 0.25) is 0 Å². The van der Waals surface area contributed by atoms with Crippen LogP contribution in [0.1, 0.15) is 39.5 Å². The summed E-state index contributed by atoms with van der Waals surface area (Å²) in [5.41, 5.74) is 2.90. The van der Waals surface area contributed by atoms with Crippen molar-refractivity contribution in [1.82, 2.24) is 0 Å². The van der Waals surface area contributed by atoms with E-state index in [0.29, 0.717) is 0 Å². The lowest BCUT2D eigenvalue weighted by Gasteiger charge is -2.42. The summed E-state index contributed by atoms with van der Waals surface area (Å²) in [4.78, 5) is 0. The van der Waals surface area contributed by atoms with Crippen LogP contribution in [0.2, 0.25) is 12.6 Å². The van der Waals surface area contributed by atoms with Crippen molar-refractivity contribution in [2.45, 2.75) is 52.2 Å². The van der Waals surface area contributed by atoms with Crippen LogP contribution in [0.25, 0.3) is 0 Å². The van der Waals surface area contributed by atoms with E-state index >= 15 is 0 Å². The summed E-state index contributed by atoms with van der Waals surface area (Å²) in [7, 11) is 7.96. The van der Waals surface area contributed by atoms with Crippen molar-refractivity contribution in [3.63, 3.8) is 0 Å². The first kappa shape index (κ1) is 43.7. The molecule has 6 nitrogen and oxygen atoms in total. The van der Waals surface area contributed by atoms with Gasteiger partial charge in [-0.2, -0.15) is 12.6 Å². The van der Waals surface area contributed by atoms with E-state index in [1.54, 1.807) is 42.7 Å². The third kappa shape index (κ3) is 9.82. The van der Waals surface area contributed by atoms with E-state index in [1.165, 1.54) is 70.5 Å². The molecule has 8 heteroatoms. The Kier molecular flexibility index (Phi) is 16.1. The molecule has 0 bridgehead atoms. The number of ether oxygens (including phenoxy) is 6. The van der Waals surface area contributed by atoms with Crippen molar-refractivity contribution in [2.24, 2.45) is 0 Å². The maximum atomic E-state index is 5.45. The lowest BCUT2D eigenvalue weighted by Crippen LogP contribution is -2.58. The van der Waals surface area contributed by atoms with Gasteiger partial charge in [0.25, 0.3) is 0 Å². The molecule has 0 aromatic heterocycles. The molecule has 0 saturated heterocycles. The van der Waals surface area contributed by atoms with Crippen LogP contribution in [0.5, 0.6) is 34.5 Å². The minimum absolute atomic E-state index is 0.764. The van der Waals surface area contributed by atoms with E-state index in [4.69, 9.17) is 28.4 Å². The Morgan fingerprint density at radius 1 is 0.328 bits per heavy atom. The van der Waals surface area contributed by atoms with Gasteiger partial charge in [0.1, 0.15) is 63.0 Å². The third-order valence-electron chi connectivity index (χ3n) is 11.4. The fraction of sp³-hybridized carbons (Fsp3) is 0.280. The summed E-state index contributed by atoms with van der Waals surface area (Å²) in [6, 6.07) is 51.1. The van der Waals surface area contributed by atoms with Gasteiger partial charge in [0, 0.05) is 0 Å². The van der Waals surface area contributed by atoms with Crippen molar-refractivity contribution in [3.8, 4) is 34.5 Å². The van der Waals surface area contributed by atoms with Gasteiger partial charge in [-0.25, -0.2) is 10.9 Å². The van der Waals surface area contributed by atoms with Crippen LogP contribution in [0.4, 0.5) is 0 Å². The third-order valence-corrected chi connectivity index (χ3v) is 15.7. The first-order valence-corrected chi connectivity index (χ1v) is 22.1. The van der Waals surface area contributed by atoms with Gasteiger partial charge in [-0.1, -0.05) is 63.8 Å². The van der Waals surface area contributed by atoms with E-state index < -0.39 is 13.4 Å². The Balaban J connectivity index is 0.000000230. The van der Waals surface area contributed by atoms with Crippen LogP contribution < -0.4 is 60.6 Å². The predicted octanol–water partition coefficient (Wildman–Crippen LogP) is 9.21. The number of hydrogen-bond donors (Lipinski definition) is 0. The minimum atomic E-state index is -2.25. The Bertz CT molecular complexity index is 1830. The molecule has 0 unspecified atom stereocenters. The molecule has 304 valence electrons. The normalized spacial score (nSPS) is 11.2. The quantitative estimate of drug-likeness (QED) is 0.0639. The highest BCUT2D eigenvalue weighted by atomic mass is 31.2. The SMILES string of the molecule is CCCC[B-](CCCC)(c1ccc(OC)cc1)c1ccc(OC)cc1.COc1ccc([P+](c2ccc(OC)cc2)(c2ccc(OC)cc2)c2ccc(OC)cc2)cc1. The molecule has 0 atom stereocenters. The summed E-state index contributed by atoms with van der Waals surface area (Å²) in [6.45, 7) is 4.56. The summed E-state index contributed by atoms with van der Waals surface area (Å²) in [5, 5.41) is 4.90. The number of unbranched alkanes of at least 4 members (excludes halogenated alkanes) is 2. The highest BCUT2D eigenvalue weighted by Crippen LogP contribution is 2.55. The zero-order valence-corrected chi connectivity index (χ0v) is 36.5. The van der Waals surface area contributed by atoms with Gasteiger partial charge in [0.05, 0.1) is 48.8 Å². The highest BCUT2D eigenvalue weighted by molar-refractivity contribution is 8.01. The Morgan fingerprint density at radius 2 is 0.534 bits per heavy atom. The van der Waals surface area contributed by atoms with Crippen LogP contribution in [0.3, 0.4) is 0 Å². The molecule has 0 spiro atoms. The van der Waals surface area contributed by atoms with Crippen molar-refractivity contribution in [1.29, 1.82) is 0 Å². The van der Waals surface area contributed by atoms with E-state index in [0.717, 1.165) is 34.5 Å². The van der Waals surface area contributed by atoms with Crippen LogP contribution >= 0.6 is 7.26 Å². The fourth-order valence-electron chi connectivity index (χ4n) is 8.17. The Hall–Kier alpha value is -5.39. The van der Waals surface area contributed by atoms with Crippen molar-refractivity contribution >= 4 is 45.6 Å². The van der Waals surface area contributed by atoms with Gasteiger partial charge in [-0.3, -0.25) is 0 Å². The van der Waals surface area contributed by atoms with E-state index in [2.05, 4.69) is 111 Å². The number of hydrogen-bond acceptors (Lipinski definition) is 6. The van der Waals surface area contributed by atoms with Crippen LogP contribution in [-0.4, -0.2) is 48.8 Å². The zero-order chi connectivity index (χ0) is 41.4. The fourth-order valence-corrected chi connectivity index (χ4v) is 12.3. The Morgan fingerprint density at radius 3 is 0.724 bits per heavy atom. The monoisotopic (exact) mass is 798 g/mol. The molecule has 0 N–H and O–H groups in total. The molecule has 58 heavy (non-hydrogen) atoms. The first-order valence-electron chi connectivity index (χ1n) is 20.3. The molecule has 0 amide bonds. The Labute approximate surface area is 347 Å². The first-order chi connectivity index (χ1) is 28.3. The van der Waals surface area contributed by atoms with Crippen LogP contribution in [-0.2, 0) is 0 Å². The second kappa shape index (κ2) is 21.4. The van der Waals surface area contributed by atoms with E-state index in [9.17, 15) is 0 Å². The molecule has 6 rings (SSSR count). The van der Waals surface area contributed by atoms with E-state index in [1.807, 2.05) is 48.5 Å². The molecule has 6 aromatic carbocycles. The topological polar surface area (TPSA) is 55.4 Å². The van der Waals surface area contributed by atoms with Gasteiger partial charge in [-0.05, 0) is 121 Å². The molecule has 0 fully saturated rings. The average molecular weight is 799 g/mol. The van der Waals surface area contributed by atoms with Crippen molar-refractivity contribution in [3.05, 3.63) is 146 Å². The maximum absolute atomic E-state index is 5.45. The summed E-state index contributed by atoms with van der Waals surface area (Å²) in [6.07, 6.45) is 6.65. The van der Waals surface area contributed by atoms with Crippen molar-refractivity contribution in [2.75, 3.05) is 42.7 Å². The second-order valence-electron chi connectivity index (χ2n) is 14.5. The standard InChI is InChI=1S/C28H28O4P.C22H32BO2/c1-29-21-5-13-25(14-6-21)33(26-15-7-22(30-2)8-16-26,27-17-9-23(31-3)10-18-27)28-19-11-24(32-4)12-20-28;1-5-7-17-23(18-8-6-2,19-9-13-21(24-3)14-10-19)20-11-15-22(25-4)16-12-20/h5-20H,1-4H3;9-16H,5-8,17-18H2,1-4H3/q+1;-1.